The molecule has 0 radical (unpaired) electrons. The molecular formula is C24H22ClFN4O6. The van der Waals surface area contributed by atoms with Crippen LogP contribution in [0.15, 0.2) is 39.7 Å². The van der Waals surface area contributed by atoms with E-state index < -0.39 is 17.1 Å². The van der Waals surface area contributed by atoms with Gasteiger partial charge in [-0.3, -0.25) is 9.78 Å². The van der Waals surface area contributed by atoms with Crippen molar-refractivity contribution in [2.24, 2.45) is 0 Å². The Kier molecular flexibility index (Phi) is 7.51. The number of aromatic nitrogens is 4. The SMILES string of the molecule is CCOCc1[nH]c(=O)c(-c2nnc(Cc3ncc(Cl)cc3F)o2)c(O)c1-c1c(OC)cccc1OC. The summed E-state index contributed by atoms with van der Waals surface area (Å²) in [6.07, 6.45) is 1.14. The minimum absolute atomic E-state index is 0.00723. The molecule has 0 aliphatic heterocycles. The van der Waals surface area contributed by atoms with E-state index in [1.807, 2.05) is 0 Å². The maximum absolute atomic E-state index is 14.2. The fourth-order valence-electron chi connectivity index (χ4n) is 3.66. The largest absolute Gasteiger partial charge is 0.506 e. The number of methoxy groups -OCH3 is 2. The highest BCUT2D eigenvalue weighted by atomic mass is 35.5. The molecule has 188 valence electrons. The molecule has 3 heterocycles. The van der Waals surface area contributed by atoms with Gasteiger partial charge in [-0.25, -0.2) is 4.39 Å². The first-order valence-corrected chi connectivity index (χ1v) is 11.2. The van der Waals surface area contributed by atoms with Crippen molar-refractivity contribution < 1.29 is 28.1 Å². The Morgan fingerprint density at radius 3 is 2.50 bits per heavy atom. The minimum Gasteiger partial charge on any atom is -0.506 e. The van der Waals surface area contributed by atoms with Crippen molar-refractivity contribution in [1.82, 2.24) is 20.2 Å². The predicted octanol–water partition coefficient (Wildman–Crippen LogP) is 4.13. The van der Waals surface area contributed by atoms with Gasteiger partial charge < -0.3 is 28.7 Å². The lowest BCUT2D eigenvalue weighted by atomic mass is 9.98. The van der Waals surface area contributed by atoms with Crippen LogP contribution in [0, 0.1) is 5.82 Å². The van der Waals surface area contributed by atoms with Gasteiger partial charge in [0.1, 0.15) is 28.6 Å². The van der Waals surface area contributed by atoms with Gasteiger partial charge >= 0.3 is 0 Å². The molecule has 4 rings (SSSR count). The zero-order valence-electron chi connectivity index (χ0n) is 19.6. The summed E-state index contributed by atoms with van der Waals surface area (Å²) in [6, 6.07) is 6.21. The van der Waals surface area contributed by atoms with E-state index in [-0.39, 0.29) is 52.3 Å². The summed E-state index contributed by atoms with van der Waals surface area (Å²) in [4.78, 5) is 19.7. The minimum atomic E-state index is -0.689. The second kappa shape index (κ2) is 10.8. The van der Waals surface area contributed by atoms with Crippen LogP contribution in [0.2, 0.25) is 5.02 Å². The van der Waals surface area contributed by atoms with E-state index in [4.69, 9.17) is 30.2 Å². The van der Waals surface area contributed by atoms with E-state index in [2.05, 4.69) is 20.2 Å². The number of benzene rings is 1. The van der Waals surface area contributed by atoms with Crippen LogP contribution >= 0.6 is 11.6 Å². The molecule has 0 bridgehead atoms. The number of hydrogen-bond donors (Lipinski definition) is 2. The number of ether oxygens (including phenoxy) is 3. The molecule has 2 N–H and O–H groups in total. The van der Waals surface area contributed by atoms with Crippen molar-refractivity contribution in [3.05, 3.63) is 68.9 Å². The predicted molar refractivity (Wildman–Crippen MR) is 128 cm³/mol. The molecule has 0 aliphatic carbocycles. The molecule has 0 spiro atoms. The van der Waals surface area contributed by atoms with Crippen molar-refractivity contribution in [1.29, 1.82) is 0 Å². The standard InChI is InChI=1S/C24H22ClFN4O6/c1-4-35-11-15-19(20-16(33-2)6-5-7-17(20)34-3)22(31)21(23(32)28-15)24-30-29-18(36-24)9-14-13(26)8-12(25)10-27-14/h5-8,10H,4,9,11H2,1-3H3,(H2,28,31,32). The normalized spacial score (nSPS) is 11.0. The third kappa shape index (κ3) is 4.88. The summed E-state index contributed by atoms with van der Waals surface area (Å²) < 4.78 is 36.3. The Bertz CT molecular complexity index is 1430. The van der Waals surface area contributed by atoms with Gasteiger partial charge in [0.05, 0.1) is 54.8 Å². The molecule has 4 aromatic rings. The van der Waals surface area contributed by atoms with Crippen LogP contribution in [-0.2, 0) is 17.8 Å². The molecule has 10 nitrogen and oxygen atoms in total. The Balaban J connectivity index is 1.86. The molecule has 0 saturated heterocycles. The maximum atomic E-state index is 14.2. The molecule has 1 aromatic carbocycles. The highest BCUT2D eigenvalue weighted by Crippen LogP contribution is 2.46. The second-order valence-corrected chi connectivity index (χ2v) is 7.90. The highest BCUT2D eigenvalue weighted by Gasteiger charge is 2.27. The van der Waals surface area contributed by atoms with Gasteiger partial charge in [0, 0.05) is 12.8 Å². The van der Waals surface area contributed by atoms with E-state index in [1.54, 1.807) is 25.1 Å². The lowest BCUT2D eigenvalue weighted by Gasteiger charge is -2.18. The first-order valence-electron chi connectivity index (χ1n) is 10.8. The monoisotopic (exact) mass is 516 g/mol. The number of halogens is 2. The van der Waals surface area contributed by atoms with E-state index in [0.717, 1.165) is 6.07 Å². The quantitative estimate of drug-likeness (QED) is 0.337. The van der Waals surface area contributed by atoms with Crippen LogP contribution in [0.3, 0.4) is 0 Å². The van der Waals surface area contributed by atoms with Crippen LogP contribution in [0.25, 0.3) is 22.6 Å². The zero-order valence-corrected chi connectivity index (χ0v) is 20.4. The molecule has 0 unspecified atom stereocenters. The van der Waals surface area contributed by atoms with Crippen molar-refractivity contribution in [2.45, 2.75) is 20.0 Å². The van der Waals surface area contributed by atoms with E-state index >= 15 is 0 Å². The van der Waals surface area contributed by atoms with Crippen LogP contribution < -0.4 is 15.0 Å². The number of aromatic hydroxyl groups is 1. The Morgan fingerprint density at radius 2 is 1.86 bits per heavy atom. The molecule has 12 heteroatoms. The number of nitrogens with one attached hydrogen (secondary N) is 1. The summed E-state index contributed by atoms with van der Waals surface area (Å²) in [5.41, 5.74) is -0.0542. The Labute approximate surface area is 209 Å². The third-order valence-corrected chi connectivity index (χ3v) is 5.49. The zero-order chi connectivity index (χ0) is 25.8. The van der Waals surface area contributed by atoms with Crippen LogP contribution in [-0.4, -0.2) is 46.1 Å². The number of hydrogen-bond acceptors (Lipinski definition) is 9. The molecule has 0 fully saturated rings. The topological polar surface area (TPSA) is 133 Å². The number of nitrogens with zero attached hydrogens (tertiary/aromatic N) is 3. The number of rotatable bonds is 9. The van der Waals surface area contributed by atoms with Crippen molar-refractivity contribution >= 4 is 11.6 Å². The van der Waals surface area contributed by atoms with Crippen LogP contribution in [0.5, 0.6) is 17.2 Å². The summed E-state index contributed by atoms with van der Waals surface area (Å²) in [5.74, 6) is -0.605. The molecule has 36 heavy (non-hydrogen) atoms. The Morgan fingerprint density at radius 1 is 1.14 bits per heavy atom. The van der Waals surface area contributed by atoms with Gasteiger partial charge in [-0.15, -0.1) is 10.2 Å². The van der Waals surface area contributed by atoms with Crippen molar-refractivity contribution in [3.63, 3.8) is 0 Å². The summed E-state index contributed by atoms with van der Waals surface area (Å²) in [7, 11) is 2.94. The summed E-state index contributed by atoms with van der Waals surface area (Å²) in [6.45, 7) is 2.16. The fraction of sp³-hybridized carbons (Fsp3) is 0.250. The average molecular weight is 517 g/mol. The van der Waals surface area contributed by atoms with Gasteiger partial charge in [0.15, 0.2) is 0 Å². The van der Waals surface area contributed by atoms with E-state index in [0.29, 0.717) is 23.7 Å². The molecule has 0 aliphatic rings. The summed E-state index contributed by atoms with van der Waals surface area (Å²) in [5, 5.41) is 19.3. The molecule has 0 amide bonds. The first kappa shape index (κ1) is 25.1. The first-order chi connectivity index (χ1) is 17.4. The fourth-order valence-corrected chi connectivity index (χ4v) is 3.80. The van der Waals surface area contributed by atoms with E-state index in [1.165, 1.54) is 20.4 Å². The smallest absolute Gasteiger partial charge is 0.264 e. The van der Waals surface area contributed by atoms with Crippen LogP contribution in [0.4, 0.5) is 4.39 Å². The van der Waals surface area contributed by atoms with E-state index in [9.17, 15) is 14.3 Å². The number of aromatic amines is 1. The maximum Gasteiger partial charge on any atom is 0.264 e. The van der Waals surface area contributed by atoms with Gasteiger partial charge in [-0.2, -0.15) is 0 Å². The molecule has 0 atom stereocenters. The Hall–Kier alpha value is -3.96. The summed E-state index contributed by atoms with van der Waals surface area (Å²) >= 11 is 5.75. The molecular weight excluding hydrogens is 495 g/mol. The highest BCUT2D eigenvalue weighted by molar-refractivity contribution is 6.30. The number of H-pyrrole nitrogens is 1. The lowest BCUT2D eigenvalue weighted by molar-refractivity contribution is 0.131. The second-order valence-electron chi connectivity index (χ2n) is 7.47. The average Bonchev–Trinajstić information content (AvgIpc) is 3.32. The van der Waals surface area contributed by atoms with Gasteiger partial charge in [0.2, 0.25) is 5.89 Å². The number of pyridine rings is 2. The lowest BCUT2D eigenvalue weighted by Crippen LogP contribution is -2.15. The molecule has 0 saturated carbocycles. The van der Waals surface area contributed by atoms with Crippen LogP contribution in [0.1, 0.15) is 24.2 Å². The van der Waals surface area contributed by atoms with Crippen molar-refractivity contribution in [2.75, 3.05) is 20.8 Å². The van der Waals surface area contributed by atoms with Gasteiger partial charge in [-0.05, 0) is 25.1 Å². The third-order valence-electron chi connectivity index (χ3n) is 5.28. The van der Waals surface area contributed by atoms with Gasteiger partial charge in [-0.1, -0.05) is 17.7 Å². The van der Waals surface area contributed by atoms with Crippen molar-refractivity contribution in [3.8, 4) is 39.8 Å². The molecule has 3 aromatic heterocycles. The van der Waals surface area contributed by atoms with Gasteiger partial charge in [0.25, 0.3) is 11.4 Å².